The number of nitrogens with zero attached hydrogens (tertiary/aromatic N) is 1. The minimum Gasteiger partial charge on any atom is -0.340 e. The van der Waals surface area contributed by atoms with E-state index in [1.807, 2.05) is 11.9 Å². The van der Waals surface area contributed by atoms with Crippen molar-refractivity contribution >= 4 is 5.91 Å². The molecule has 0 spiro atoms. The topological polar surface area (TPSA) is 32.3 Å². The van der Waals surface area contributed by atoms with E-state index in [1.54, 1.807) is 0 Å². The van der Waals surface area contributed by atoms with E-state index in [-0.39, 0.29) is 11.9 Å². The zero-order chi connectivity index (χ0) is 7.14. The van der Waals surface area contributed by atoms with Gasteiger partial charge >= 0.3 is 0 Å². The number of likely N-dealkylation sites (N-methyl/N-ethyl adjacent to an activating group) is 1. The summed E-state index contributed by atoms with van der Waals surface area (Å²) >= 11 is 0. The highest BCUT2D eigenvalue weighted by Gasteiger charge is 2.37. The summed E-state index contributed by atoms with van der Waals surface area (Å²) < 4.78 is 0. The van der Waals surface area contributed by atoms with Crippen molar-refractivity contribution in [3.05, 3.63) is 0 Å². The molecule has 0 aromatic heterocycles. The van der Waals surface area contributed by atoms with Gasteiger partial charge in [-0.2, -0.15) is 0 Å². The lowest BCUT2D eigenvalue weighted by atomic mass is 9.93. The molecule has 0 aliphatic carbocycles. The number of hydrogen-bond acceptors (Lipinski definition) is 2. The number of hydrogen-bond donors (Lipinski definition) is 1. The Balaban J connectivity index is 2.20. The van der Waals surface area contributed by atoms with Gasteiger partial charge in [-0.15, -0.1) is 0 Å². The molecule has 0 saturated carbocycles. The molecule has 3 aliphatic heterocycles. The summed E-state index contributed by atoms with van der Waals surface area (Å²) in [5.74, 6) is 0.280. The lowest BCUT2D eigenvalue weighted by molar-refractivity contribution is -0.140. The van der Waals surface area contributed by atoms with E-state index in [1.165, 1.54) is 6.42 Å². The summed E-state index contributed by atoms with van der Waals surface area (Å²) in [6.45, 7) is 0.993. The van der Waals surface area contributed by atoms with E-state index >= 15 is 0 Å². The van der Waals surface area contributed by atoms with Gasteiger partial charge in [-0.3, -0.25) is 4.79 Å². The highest BCUT2D eigenvalue weighted by Crippen LogP contribution is 2.21. The van der Waals surface area contributed by atoms with Gasteiger partial charge in [-0.25, -0.2) is 0 Å². The Bertz CT molecular complexity index is 157. The fourth-order valence-corrected chi connectivity index (χ4v) is 1.81. The Morgan fingerprint density at radius 1 is 1.60 bits per heavy atom. The average molecular weight is 140 g/mol. The maximum absolute atomic E-state index is 11.3. The highest BCUT2D eigenvalue weighted by atomic mass is 16.2. The molecule has 10 heavy (non-hydrogen) atoms. The molecule has 3 rings (SSSR count). The second kappa shape index (κ2) is 1.95. The highest BCUT2D eigenvalue weighted by molar-refractivity contribution is 5.83. The average Bonchev–Trinajstić information content (AvgIpc) is 2.00. The van der Waals surface area contributed by atoms with Gasteiger partial charge in [0.25, 0.3) is 0 Å². The van der Waals surface area contributed by atoms with Crippen molar-refractivity contribution in [2.75, 3.05) is 13.6 Å². The van der Waals surface area contributed by atoms with Crippen LogP contribution in [-0.4, -0.2) is 36.5 Å². The Hall–Kier alpha value is -0.570. The van der Waals surface area contributed by atoms with Gasteiger partial charge in [0.05, 0.1) is 6.04 Å². The maximum Gasteiger partial charge on any atom is 0.239 e. The SMILES string of the molecule is CN1C(=O)C2CCC1CN2. The first kappa shape index (κ1) is 6.16. The van der Waals surface area contributed by atoms with Gasteiger partial charge in [0.2, 0.25) is 5.91 Å². The van der Waals surface area contributed by atoms with Crippen molar-refractivity contribution in [3.63, 3.8) is 0 Å². The van der Waals surface area contributed by atoms with Gasteiger partial charge in [0.1, 0.15) is 0 Å². The molecule has 3 heterocycles. The van der Waals surface area contributed by atoms with Crippen LogP contribution in [0.15, 0.2) is 0 Å². The molecule has 0 aromatic carbocycles. The number of carbonyl (C=O) groups excluding carboxylic acids is 1. The molecule has 3 nitrogen and oxygen atoms in total. The Kier molecular flexibility index (Phi) is 1.20. The smallest absolute Gasteiger partial charge is 0.239 e. The minimum absolute atomic E-state index is 0.134. The maximum atomic E-state index is 11.3. The standard InChI is InChI=1S/C7H12N2O/c1-9-5-2-3-6(7(9)10)8-4-5/h5-6,8H,2-4H2,1H3. The third-order valence-corrected chi connectivity index (χ3v) is 2.58. The van der Waals surface area contributed by atoms with Crippen LogP contribution in [0.2, 0.25) is 0 Å². The number of amides is 1. The molecule has 56 valence electrons. The van der Waals surface area contributed by atoms with Gasteiger partial charge < -0.3 is 10.2 Å². The van der Waals surface area contributed by atoms with Crippen LogP contribution in [0.4, 0.5) is 0 Å². The quantitative estimate of drug-likeness (QED) is 0.495. The van der Waals surface area contributed by atoms with Crippen molar-refractivity contribution in [1.29, 1.82) is 0 Å². The van der Waals surface area contributed by atoms with Crippen LogP contribution >= 0.6 is 0 Å². The number of fused-ring (bicyclic) bond motifs is 3. The lowest BCUT2D eigenvalue weighted by Gasteiger charge is -2.43. The van der Waals surface area contributed by atoms with E-state index in [2.05, 4.69) is 5.32 Å². The molecule has 3 heteroatoms. The second-order valence-corrected chi connectivity index (χ2v) is 3.14. The predicted molar refractivity (Wildman–Crippen MR) is 37.6 cm³/mol. The van der Waals surface area contributed by atoms with E-state index in [0.717, 1.165) is 13.0 Å². The summed E-state index contributed by atoms with van der Waals surface area (Å²) in [7, 11) is 1.90. The van der Waals surface area contributed by atoms with Gasteiger partial charge in [-0.05, 0) is 12.8 Å². The number of rotatable bonds is 0. The Morgan fingerprint density at radius 3 is 2.70 bits per heavy atom. The molecule has 0 radical (unpaired) electrons. The van der Waals surface area contributed by atoms with Crippen LogP contribution in [0.3, 0.4) is 0 Å². The molecule has 2 atom stereocenters. The third kappa shape index (κ3) is 0.669. The first-order chi connectivity index (χ1) is 4.79. The Labute approximate surface area is 60.4 Å². The van der Waals surface area contributed by atoms with Crippen molar-refractivity contribution < 1.29 is 4.79 Å². The lowest BCUT2D eigenvalue weighted by Crippen LogP contribution is -2.62. The fourth-order valence-electron chi connectivity index (χ4n) is 1.81. The number of piperazine rings is 1. The fraction of sp³-hybridized carbons (Fsp3) is 0.857. The number of nitrogens with one attached hydrogen (secondary N) is 1. The zero-order valence-corrected chi connectivity index (χ0v) is 6.13. The number of piperidine rings is 2. The van der Waals surface area contributed by atoms with Gasteiger partial charge in [0.15, 0.2) is 0 Å². The van der Waals surface area contributed by atoms with E-state index in [9.17, 15) is 4.79 Å². The molecular formula is C7H12N2O. The normalized spacial score (nSPS) is 38.9. The van der Waals surface area contributed by atoms with Crippen LogP contribution in [0.1, 0.15) is 12.8 Å². The zero-order valence-electron chi connectivity index (χ0n) is 6.13. The van der Waals surface area contributed by atoms with E-state index in [0.29, 0.717) is 6.04 Å². The summed E-state index contributed by atoms with van der Waals surface area (Å²) in [6, 6.07) is 0.604. The van der Waals surface area contributed by atoms with Crippen LogP contribution < -0.4 is 5.32 Å². The molecule has 2 bridgehead atoms. The summed E-state index contributed by atoms with van der Waals surface area (Å²) in [5.41, 5.74) is 0. The summed E-state index contributed by atoms with van der Waals surface area (Å²) in [6.07, 6.45) is 2.22. The molecular weight excluding hydrogens is 128 g/mol. The third-order valence-electron chi connectivity index (χ3n) is 2.58. The summed E-state index contributed by atoms with van der Waals surface area (Å²) in [5, 5.41) is 3.21. The van der Waals surface area contributed by atoms with E-state index < -0.39 is 0 Å². The van der Waals surface area contributed by atoms with Crippen molar-refractivity contribution in [2.24, 2.45) is 0 Å². The minimum atomic E-state index is 0.134. The molecule has 3 aliphatic rings. The monoisotopic (exact) mass is 140 g/mol. The van der Waals surface area contributed by atoms with Crippen molar-refractivity contribution in [2.45, 2.75) is 24.9 Å². The largest absolute Gasteiger partial charge is 0.340 e. The van der Waals surface area contributed by atoms with Gasteiger partial charge in [-0.1, -0.05) is 0 Å². The molecule has 1 N–H and O–H groups in total. The van der Waals surface area contributed by atoms with E-state index in [4.69, 9.17) is 0 Å². The molecule has 3 saturated heterocycles. The van der Waals surface area contributed by atoms with Crippen LogP contribution in [0, 0.1) is 0 Å². The predicted octanol–water partition coefficient (Wildman–Crippen LogP) is -0.421. The molecule has 3 fully saturated rings. The van der Waals surface area contributed by atoms with Crippen molar-refractivity contribution in [1.82, 2.24) is 10.2 Å². The molecule has 2 unspecified atom stereocenters. The van der Waals surface area contributed by atoms with Crippen LogP contribution in [-0.2, 0) is 4.79 Å². The van der Waals surface area contributed by atoms with Crippen LogP contribution in [0.5, 0.6) is 0 Å². The molecule has 0 aromatic rings. The first-order valence-electron chi connectivity index (χ1n) is 3.79. The second-order valence-electron chi connectivity index (χ2n) is 3.14. The Morgan fingerprint density at radius 2 is 2.40 bits per heavy atom. The molecule has 1 amide bonds. The first-order valence-corrected chi connectivity index (χ1v) is 3.79. The van der Waals surface area contributed by atoms with Crippen molar-refractivity contribution in [3.8, 4) is 0 Å². The van der Waals surface area contributed by atoms with Gasteiger partial charge in [0, 0.05) is 19.6 Å². The summed E-state index contributed by atoms with van der Waals surface area (Å²) in [4.78, 5) is 13.1. The van der Waals surface area contributed by atoms with Crippen LogP contribution in [0.25, 0.3) is 0 Å². The number of carbonyl (C=O) groups is 1.